The average Bonchev–Trinajstić information content (AvgIpc) is 3.45. The Morgan fingerprint density at radius 3 is 2.67 bits per heavy atom. The molecule has 1 N–H and O–H groups in total. The van der Waals surface area contributed by atoms with Crippen LogP contribution in [0.4, 0.5) is 0 Å². The van der Waals surface area contributed by atoms with Crippen molar-refractivity contribution in [3.05, 3.63) is 56.8 Å². The molecule has 5 rings (SSSR count). The van der Waals surface area contributed by atoms with Gasteiger partial charge in [0.15, 0.2) is 5.52 Å². The zero-order valence-electron chi connectivity index (χ0n) is 21.2. The highest BCUT2D eigenvalue weighted by Gasteiger charge is 2.38. The number of fused-ring (bicyclic) bond motifs is 2. The number of carbonyl (C=O) groups excluding carboxylic acids is 1. The Morgan fingerprint density at radius 1 is 1.19 bits per heavy atom. The van der Waals surface area contributed by atoms with Crippen molar-refractivity contribution in [3.8, 4) is 0 Å². The molecule has 3 heterocycles. The van der Waals surface area contributed by atoms with E-state index in [1.807, 2.05) is 13.0 Å². The van der Waals surface area contributed by atoms with Gasteiger partial charge in [0, 0.05) is 33.3 Å². The van der Waals surface area contributed by atoms with E-state index in [0.29, 0.717) is 24.1 Å². The number of imidazole rings is 2. The number of likely N-dealkylation sites (N-methyl/N-ethyl adjacent to an activating group) is 1. The number of rotatable bonds is 4. The Kier molecular flexibility index (Phi) is 5.82. The van der Waals surface area contributed by atoms with Gasteiger partial charge in [0.25, 0.3) is 11.5 Å². The molecule has 4 aromatic rings. The minimum Gasteiger partial charge on any atom is -0.389 e. The van der Waals surface area contributed by atoms with Gasteiger partial charge in [-0.25, -0.2) is 14.8 Å². The van der Waals surface area contributed by atoms with Crippen LogP contribution in [0.1, 0.15) is 48.4 Å². The number of hydrogen-bond donors (Lipinski definition) is 1. The summed E-state index contributed by atoms with van der Waals surface area (Å²) < 4.78 is 6.20. The molecule has 1 amide bonds. The lowest BCUT2D eigenvalue weighted by Crippen LogP contribution is -2.50. The molecule has 190 valence electrons. The number of aliphatic hydroxyl groups is 1. The molecule has 3 atom stereocenters. The van der Waals surface area contributed by atoms with Gasteiger partial charge in [-0.2, -0.15) is 0 Å². The monoisotopic (exact) mass is 493 g/mol. The molecule has 1 fully saturated rings. The molecule has 1 aromatic carbocycles. The van der Waals surface area contributed by atoms with Crippen molar-refractivity contribution in [3.63, 3.8) is 0 Å². The lowest BCUT2D eigenvalue weighted by atomic mass is 9.86. The van der Waals surface area contributed by atoms with Gasteiger partial charge in [0.1, 0.15) is 11.5 Å². The summed E-state index contributed by atoms with van der Waals surface area (Å²) in [6.45, 7) is 4.80. The number of hydrogen-bond acceptors (Lipinski definition) is 6. The minimum absolute atomic E-state index is 0.175. The van der Waals surface area contributed by atoms with Crippen LogP contribution < -0.4 is 11.2 Å². The molecule has 0 spiro atoms. The smallest absolute Gasteiger partial charge is 0.332 e. The second-order valence-corrected chi connectivity index (χ2v) is 9.61. The summed E-state index contributed by atoms with van der Waals surface area (Å²) in [4.78, 5) is 49.0. The summed E-state index contributed by atoms with van der Waals surface area (Å²) >= 11 is 0. The molecule has 11 heteroatoms. The van der Waals surface area contributed by atoms with E-state index in [1.165, 1.54) is 17.9 Å². The number of carbonyl (C=O) groups is 1. The van der Waals surface area contributed by atoms with Gasteiger partial charge in [-0.15, -0.1) is 0 Å². The van der Waals surface area contributed by atoms with Gasteiger partial charge in [-0.05, 0) is 51.3 Å². The molecule has 0 saturated heterocycles. The molecule has 0 aliphatic heterocycles. The molecule has 36 heavy (non-hydrogen) atoms. The summed E-state index contributed by atoms with van der Waals surface area (Å²) in [5, 5.41) is 11.4. The quantitative estimate of drug-likeness (QED) is 0.458. The zero-order valence-corrected chi connectivity index (χ0v) is 21.2. The first-order valence-corrected chi connectivity index (χ1v) is 12.2. The van der Waals surface area contributed by atoms with E-state index in [2.05, 4.69) is 21.5 Å². The molecular weight excluding hydrogens is 462 g/mol. The molecule has 1 saturated carbocycles. The Bertz CT molecular complexity index is 1610. The maximum absolute atomic E-state index is 13.5. The van der Waals surface area contributed by atoms with Crippen molar-refractivity contribution >= 4 is 28.1 Å². The van der Waals surface area contributed by atoms with Crippen molar-refractivity contribution in [2.45, 2.75) is 57.8 Å². The minimum atomic E-state index is -0.908. The highest BCUT2D eigenvalue weighted by molar-refractivity contribution is 5.97. The van der Waals surface area contributed by atoms with Gasteiger partial charge in [0.2, 0.25) is 0 Å². The third-order valence-electron chi connectivity index (χ3n) is 7.63. The van der Waals surface area contributed by atoms with Crippen LogP contribution in [0.25, 0.3) is 22.2 Å². The van der Waals surface area contributed by atoms with E-state index in [4.69, 9.17) is 0 Å². The normalized spacial score (nSPS) is 20.3. The number of aryl methyl sites for hydroxylation is 3. The van der Waals surface area contributed by atoms with Gasteiger partial charge in [-0.1, -0.05) is 0 Å². The molecule has 1 aliphatic rings. The van der Waals surface area contributed by atoms with Crippen LogP contribution in [0.15, 0.2) is 34.1 Å². The first-order chi connectivity index (χ1) is 17.1. The molecule has 0 bridgehead atoms. The highest BCUT2D eigenvalue weighted by atomic mass is 16.3. The molecule has 1 aliphatic carbocycles. The summed E-state index contributed by atoms with van der Waals surface area (Å²) in [6, 6.07) is 4.64. The summed E-state index contributed by atoms with van der Waals surface area (Å²) in [5.41, 5.74) is 1.87. The Hall–Kier alpha value is -3.73. The summed E-state index contributed by atoms with van der Waals surface area (Å²) in [7, 11) is 4.71. The van der Waals surface area contributed by atoms with E-state index in [9.17, 15) is 19.5 Å². The van der Waals surface area contributed by atoms with Crippen LogP contribution >= 0.6 is 0 Å². The first kappa shape index (κ1) is 24.0. The van der Waals surface area contributed by atoms with Crippen LogP contribution in [-0.4, -0.2) is 63.3 Å². The zero-order chi connectivity index (χ0) is 25.9. The maximum Gasteiger partial charge on any atom is 0.332 e. The highest BCUT2D eigenvalue weighted by Crippen LogP contribution is 2.33. The number of aliphatic hydroxyl groups excluding tert-OH is 1. The van der Waals surface area contributed by atoms with Gasteiger partial charge < -0.3 is 19.1 Å². The second kappa shape index (κ2) is 8.74. The second-order valence-electron chi connectivity index (χ2n) is 9.61. The van der Waals surface area contributed by atoms with E-state index < -0.39 is 29.4 Å². The van der Waals surface area contributed by atoms with Gasteiger partial charge in [0.05, 0.1) is 35.5 Å². The number of nitrogens with zero attached hydrogens (tertiary/aromatic N) is 7. The van der Waals surface area contributed by atoms with E-state index in [0.717, 1.165) is 34.4 Å². The standard InChI is InChI=1S/C25H31N7O4/c1-6-31-14(2)27-16-12-15(10-11-17(16)31)23(34)28(3)18-8-7-9-19(21(18)33)32-13-26-20-22(32)29(4)25(36)30(5)24(20)35/h10-13,18-19,21,33H,6-9H2,1-5H3/t18-,19-,21-/m1/s1. The van der Waals surface area contributed by atoms with Gasteiger partial charge in [-0.3, -0.25) is 18.7 Å². The average molecular weight is 494 g/mol. The first-order valence-electron chi connectivity index (χ1n) is 12.2. The fourth-order valence-corrected chi connectivity index (χ4v) is 5.64. The van der Waals surface area contributed by atoms with E-state index >= 15 is 0 Å². The fraction of sp³-hybridized carbons (Fsp3) is 0.480. The van der Waals surface area contributed by atoms with Crippen molar-refractivity contribution < 1.29 is 9.90 Å². The Morgan fingerprint density at radius 2 is 1.94 bits per heavy atom. The van der Waals surface area contributed by atoms with Crippen molar-refractivity contribution in [2.75, 3.05) is 7.05 Å². The van der Waals surface area contributed by atoms with Crippen molar-refractivity contribution in [2.24, 2.45) is 14.1 Å². The Balaban J connectivity index is 1.47. The molecule has 11 nitrogen and oxygen atoms in total. The number of aromatic nitrogens is 6. The predicted molar refractivity (Wildman–Crippen MR) is 135 cm³/mol. The SMILES string of the molecule is CCn1c(C)nc2cc(C(=O)N(C)[C@@H]3CCC[C@@H](n4cnc5c(=O)n(C)c(=O)n(C)c54)[C@@H]3O)ccc21. The molecule has 0 unspecified atom stereocenters. The van der Waals surface area contributed by atoms with Crippen molar-refractivity contribution in [1.29, 1.82) is 0 Å². The van der Waals surface area contributed by atoms with Crippen LogP contribution in [-0.2, 0) is 20.6 Å². The predicted octanol–water partition coefficient (Wildman–Crippen LogP) is 1.34. The lowest BCUT2D eigenvalue weighted by Gasteiger charge is -2.40. The van der Waals surface area contributed by atoms with E-state index in [-0.39, 0.29) is 11.4 Å². The fourth-order valence-electron chi connectivity index (χ4n) is 5.64. The molecule has 3 aromatic heterocycles. The largest absolute Gasteiger partial charge is 0.389 e. The summed E-state index contributed by atoms with van der Waals surface area (Å²) in [5.74, 6) is 0.704. The van der Waals surface area contributed by atoms with Crippen LogP contribution in [0, 0.1) is 6.92 Å². The van der Waals surface area contributed by atoms with Gasteiger partial charge >= 0.3 is 5.69 Å². The topological polar surface area (TPSA) is 120 Å². The van der Waals surface area contributed by atoms with Crippen LogP contribution in [0.2, 0.25) is 0 Å². The Labute approximate surface area is 207 Å². The molecular formula is C25H31N7O4. The van der Waals surface area contributed by atoms with Crippen LogP contribution in [0.5, 0.6) is 0 Å². The third-order valence-corrected chi connectivity index (χ3v) is 7.63. The van der Waals surface area contributed by atoms with E-state index in [1.54, 1.807) is 35.7 Å². The van der Waals surface area contributed by atoms with Crippen molar-refractivity contribution in [1.82, 2.24) is 33.1 Å². The maximum atomic E-state index is 13.5. The number of amides is 1. The number of benzene rings is 1. The summed E-state index contributed by atoms with van der Waals surface area (Å²) in [6.07, 6.45) is 2.63. The van der Waals surface area contributed by atoms with Crippen LogP contribution in [0.3, 0.4) is 0 Å². The lowest BCUT2D eigenvalue weighted by molar-refractivity contribution is -0.0000218. The third kappa shape index (κ3) is 3.48. The molecule has 0 radical (unpaired) electrons.